The van der Waals surface area contributed by atoms with Crippen LogP contribution in [-0.4, -0.2) is 102 Å². The van der Waals surface area contributed by atoms with Crippen molar-refractivity contribution in [2.75, 3.05) is 6.54 Å². The third-order valence-corrected chi connectivity index (χ3v) is 6.12. The second-order valence-corrected chi connectivity index (χ2v) is 9.54. The molecule has 0 fully saturated rings. The summed E-state index contributed by atoms with van der Waals surface area (Å²) in [6.07, 6.45) is -15.9. The maximum absolute atomic E-state index is 13.9. The summed E-state index contributed by atoms with van der Waals surface area (Å²) >= 11 is 0. The van der Waals surface area contributed by atoms with Crippen LogP contribution in [0.2, 0.25) is 0 Å². The van der Waals surface area contributed by atoms with Crippen molar-refractivity contribution in [3.05, 3.63) is 0 Å². The molecule has 0 bridgehead atoms. The first kappa shape index (κ1) is 50.8. The maximum atomic E-state index is 13.9. The summed E-state index contributed by atoms with van der Waals surface area (Å²) in [6.45, 7) is -1.67. The topological polar surface area (TPSA) is 98.3 Å². The molecule has 0 aromatic heterocycles. The van der Waals surface area contributed by atoms with Gasteiger partial charge in [-0.3, -0.25) is 9.59 Å². The van der Waals surface area contributed by atoms with Gasteiger partial charge in [0.25, 0.3) is 11.8 Å². The van der Waals surface area contributed by atoms with E-state index < -0.39 is 122 Å². The Morgan fingerprint density at radius 1 is 0.490 bits per heavy atom. The zero-order chi connectivity index (χ0) is 40.7. The van der Waals surface area contributed by atoms with Gasteiger partial charge >= 0.3 is 102 Å². The number of amides is 2. The fraction of sp³-hybridized carbons (Fsp3) is 0.850. The first-order valence-electron chi connectivity index (χ1n) is 11.9. The average molecular weight is 824 g/mol. The summed E-state index contributed by atoms with van der Waals surface area (Å²) in [6, 6.07) is -3.21. The molecule has 0 saturated heterocycles. The molecular formula is C20H13F24N2NaO4. The number of nitrogens with one attached hydrogen (secondary N) is 2. The molecule has 0 rings (SSSR count). The minimum Gasteiger partial charge on any atom is -0.548 e. The number of hydrogen-bond acceptors (Lipinski definition) is 4. The molecular weight excluding hydrogens is 811 g/mol. The monoisotopic (exact) mass is 824 g/mol. The van der Waals surface area contributed by atoms with E-state index in [0.717, 1.165) is 0 Å². The molecule has 0 saturated carbocycles. The van der Waals surface area contributed by atoms with Crippen LogP contribution in [0.4, 0.5) is 105 Å². The van der Waals surface area contributed by atoms with E-state index >= 15 is 0 Å². The largest absolute Gasteiger partial charge is 1.00 e. The molecule has 0 spiro atoms. The molecule has 0 aliphatic rings. The molecule has 0 heterocycles. The van der Waals surface area contributed by atoms with Gasteiger partial charge in [-0.05, 0) is 19.3 Å². The predicted molar refractivity (Wildman–Crippen MR) is 105 cm³/mol. The van der Waals surface area contributed by atoms with Gasteiger partial charge in [-0.25, -0.2) is 17.6 Å². The van der Waals surface area contributed by atoms with Gasteiger partial charge in [0.05, 0.1) is 12.0 Å². The summed E-state index contributed by atoms with van der Waals surface area (Å²) in [5.74, 6) is -88.4. The summed E-state index contributed by atoms with van der Waals surface area (Å²) in [5, 5.41) is 11.7. The van der Waals surface area contributed by atoms with E-state index in [4.69, 9.17) is 0 Å². The normalized spacial score (nSPS) is 15.4. The molecule has 0 aromatic carbocycles. The number of aliphatic carboxylic acids is 1. The third-order valence-electron chi connectivity index (χ3n) is 6.12. The fourth-order valence-corrected chi connectivity index (χ4v) is 3.05. The van der Waals surface area contributed by atoms with Crippen LogP contribution < -0.4 is 45.3 Å². The van der Waals surface area contributed by atoms with Crippen molar-refractivity contribution in [3.8, 4) is 0 Å². The summed E-state index contributed by atoms with van der Waals surface area (Å²) in [5.41, 5.74) is 0. The van der Waals surface area contributed by atoms with E-state index in [0.29, 0.717) is 5.32 Å². The number of halogens is 24. The predicted octanol–water partition coefficient (Wildman–Crippen LogP) is 2.39. The Kier molecular flexibility index (Phi) is 15.6. The van der Waals surface area contributed by atoms with Crippen molar-refractivity contribution in [2.24, 2.45) is 0 Å². The number of alkyl halides is 24. The average Bonchev–Trinajstić information content (AvgIpc) is 2.94. The molecule has 51 heavy (non-hydrogen) atoms. The standard InChI is InChI=1S/C20H14F24N2O4.Na/c21-7(22)11(25,26)15(33,34)19(41,42)17(37,38)13(29,30)9(49)45-4-2-1-3-5(6(47)48)46-10(50)14(31,32)18(39,40)20(43,44)16(35,36)12(27,28)8(23)24;/h5,7-8H,1-4H2,(H,45,49)(H,46,50)(H,47,48);/q;+1/p-1. The molecule has 0 aliphatic carbocycles. The summed E-state index contributed by atoms with van der Waals surface area (Å²) in [7, 11) is 0. The Hall–Kier alpha value is -2.27. The Balaban J connectivity index is 0. The SMILES string of the molecule is O=C([O-])C(CCCCNC(=O)C(F)(F)C(F)(F)C(F)(F)C(F)(F)C(F)(F)C(F)F)NC(=O)C(F)(F)C(F)(F)C(F)(F)C(F)(F)C(F)(F)C(F)F.[Na+]. The molecule has 296 valence electrons. The fourth-order valence-electron chi connectivity index (χ4n) is 3.05. The van der Waals surface area contributed by atoms with Gasteiger partial charge in [0.15, 0.2) is 0 Å². The van der Waals surface area contributed by atoms with Crippen molar-refractivity contribution >= 4 is 17.8 Å². The van der Waals surface area contributed by atoms with Crippen molar-refractivity contribution in [1.82, 2.24) is 10.6 Å². The number of hydrogen-bond donors (Lipinski definition) is 2. The Morgan fingerprint density at radius 3 is 1.10 bits per heavy atom. The van der Waals surface area contributed by atoms with Crippen LogP contribution in [0.1, 0.15) is 19.3 Å². The first-order valence-corrected chi connectivity index (χ1v) is 11.9. The van der Waals surface area contributed by atoms with Gasteiger partial charge in [-0.2, -0.15) is 87.8 Å². The molecule has 2 N–H and O–H groups in total. The van der Waals surface area contributed by atoms with Gasteiger partial charge in [-0.15, -0.1) is 0 Å². The number of carboxylic acids is 1. The Morgan fingerprint density at radius 2 is 0.804 bits per heavy atom. The first-order chi connectivity index (χ1) is 21.7. The summed E-state index contributed by atoms with van der Waals surface area (Å²) in [4.78, 5) is 33.7. The van der Waals surface area contributed by atoms with Crippen LogP contribution in [0.5, 0.6) is 0 Å². The molecule has 0 radical (unpaired) electrons. The van der Waals surface area contributed by atoms with Crippen LogP contribution in [0.25, 0.3) is 0 Å². The minimum atomic E-state index is -8.22. The molecule has 0 aliphatic heterocycles. The van der Waals surface area contributed by atoms with Crippen LogP contribution in [0, 0.1) is 0 Å². The zero-order valence-corrected chi connectivity index (χ0v) is 25.8. The number of unbranched alkanes of at least 4 members (excludes halogenated alkanes) is 1. The molecule has 2 amide bonds. The van der Waals surface area contributed by atoms with E-state index in [1.807, 2.05) is 0 Å². The van der Waals surface area contributed by atoms with Gasteiger partial charge in [0.1, 0.15) is 0 Å². The van der Waals surface area contributed by atoms with Gasteiger partial charge < -0.3 is 20.5 Å². The van der Waals surface area contributed by atoms with Crippen molar-refractivity contribution in [3.63, 3.8) is 0 Å². The van der Waals surface area contributed by atoms with E-state index in [1.54, 1.807) is 0 Å². The molecule has 0 aromatic rings. The molecule has 31 heteroatoms. The second-order valence-electron chi connectivity index (χ2n) is 9.54. The number of carboxylic acid groups (broad SMARTS) is 1. The van der Waals surface area contributed by atoms with Crippen molar-refractivity contribution in [1.29, 1.82) is 0 Å². The summed E-state index contributed by atoms with van der Waals surface area (Å²) < 4.78 is 316. The van der Waals surface area contributed by atoms with E-state index in [-0.39, 0.29) is 34.9 Å². The van der Waals surface area contributed by atoms with Crippen molar-refractivity contribution in [2.45, 2.75) is 97.4 Å². The zero-order valence-electron chi connectivity index (χ0n) is 23.8. The van der Waals surface area contributed by atoms with Gasteiger partial charge in [-0.1, -0.05) is 0 Å². The Labute approximate surface area is 286 Å². The number of carbonyl (C=O) groups excluding carboxylic acids is 3. The van der Waals surface area contributed by atoms with Crippen LogP contribution in [-0.2, 0) is 14.4 Å². The number of rotatable bonds is 19. The quantitative estimate of drug-likeness (QED) is 0.119. The van der Waals surface area contributed by atoms with Crippen LogP contribution in [0.3, 0.4) is 0 Å². The molecule has 1 unspecified atom stereocenters. The van der Waals surface area contributed by atoms with Gasteiger partial charge in [0, 0.05) is 6.54 Å². The van der Waals surface area contributed by atoms with Crippen LogP contribution >= 0.6 is 0 Å². The maximum Gasteiger partial charge on any atom is 1.00 e. The molecule has 1 atom stereocenters. The van der Waals surface area contributed by atoms with E-state index in [9.17, 15) is 125 Å². The Bertz CT molecular complexity index is 1240. The van der Waals surface area contributed by atoms with Gasteiger partial charge in [0.2, 0.25) is 0 Å². The van der Waals surface area contributed by atoms with Crippen molar-refractivity contribution < 1.29 is 154 Å². The number of carbonyl (C=O) groups is 3. The smallest absolute Gasteiger partial charge is 0.548 e. The van der Waals surface area contributed by atoms with Crippen LogP contribution in [0.15, 0.2) is 0 Å². The van der Waals surface area contributed by atoms with E-state index in [2.05, 4.69) is 0 Å². The minimum absolute atomic E-state index is 0. The third kappa shape index (κ3) is 8.29. The second kappa shape index (κ2) is 15.6. The van der Waals surface area contributed by atoms with E-state index in [1.165, 1.54) is 0 Å². The molecule has 6 nitrogen and oxygen atoms in total.